The van der Waals surface area contributed by atoms with Crippen molar-refractivity contribution in [1.82, 2.24) is 0 Å². The number of ether oxygens (including phenoxy) is 2. The Bertz CT molecular complexity index is 1190. The van der Waals surface area contributed by atoms with Gasteiger partial charge in [-0.2, -0.15) is 13.2 Å². The number of halogens is 3. The van der Waals surface area contributed by atoms with Gasteiger partial charge in [-0.15, -0.1) is 0 Å². The van der Waals surface area contributed by atoms with Crippen LogP contribution in [0.3, 0.4) is 0 Å². The summed E-state index contributed by atoms with van der Waals surface area (Å²) < 4.78 is 49.0. The summed E-state index contributed by atoms with van der Waals surface area (Å²) in [5.74, 6) is -0.0408. The molecule has 0 saturated heterocycles. The highest BCUT2D eigenvalue weighted by molar-refractivity contribution is 6.10. The molecule has 0 radical (unpaired) electrons. The minimum Gasteiger partial charge on any atom is -0.489 e. The average Bonchev–Trinajstić information content (AvgIpc) is 3.18. The SMILES string of the molecule is COC(=O)CNc1ccc(OCc2cccc3c2CN(c2ccc(C(F)(F)F)cc2)C3=O)cc1. The summed E-state index contributed by atoms with van der Waals surface area (Å²) in [5, 5.41) is 2.93. The van der Waals surface area contributed by atoms with Crippen LogP contribution < -0.4 is 15.0 Å². The van der Waals surface area contributed by atoms with Gasteiger partial charge in [0, 0.05) is 16.9 Å². The first-order valence-electron chi connectivity index (χ1n) is 10.4. The first-order valence-corrected chi connectivity index (χ1v) is 10.4. The predicted molar refractivity (Wildman–Crippen MR) is 120 cm³/mol. The van der Waals surface area contributed by atoms with E-state index >= 15 is 0 Å². The van der Waals surface area contributed by atoms with E-state index in [1.54, 1.807) is 36.4 Å². The van der Waals surface area contributed by atoms with Crippen LogP contribution >= 0.6 is 0 Å². The largest absolute Gasteiger partial charge is 0.489 e. The summed E-state index contributed by atoms with van der Waals surface area (Å²) in [5.41, 5.74) is 2.47. The Morgan fingerprint density at radius 3 is 2.38 bits per heavy atom. The number of fused-ring (bicyclic) bond motifs is 1. The number of carbonyl (C=O) groups excluding carboxylic acids is 2. The van der Waals surface area contributed by atoms with Crippen molar-refractivity contribution in [3.63, 3.8) is 0 Å². The molecular formula is C25H21F3N2O4. The number of amides is 1. The van der Waals surface area contributed by atoms with Crippen LogP contribution in [0.5, 0.6) is 5.75 Å². The zero-order chi connectivity index (χ0) is 24.3. The summed E-state index contributed by atoms with van der Waals surface area (Å²) in [7, 11) is 1.32. The Labute approximate surface area is 193 Å². The number of alkyl halides is 3. The van der Waals surface area contributed by atoms with Crippen molar-refractivity contribution < 1.29 is 32.2 Å². The van der Waals surface area contributed by atoms with Crippen molar-refractivity contribution in [2.75, 3.05) is 23.9 Å². The molecule has 1 N–H and O–H groups in total. The lowest BCUT2D eigenvalue weighted by atomic mass is 10.0. The standard InChI is InChI=1S/C25H21F3N2O4/c1-33-23(31)13-29-18-7-11-20(12-8-18)34-15-16-3-2-4-21-22(16)14-30(24(21)32)19-9-5-17(6-10-19)25(26,27)28/h2-12,29H,13-15H2,1H3. The van der Waals surface area contributed by atoms with Crippen molar-refractivity contribution in [3.05, 3.63) is 89.0 Å². The second-order valence-corrected chi connectivity index (χ2v) is 7.62. The van der Waals surface area contributed by atoms with E-state index in [9.17, 15) is 22.8 Å². The maximum atomic E-state index is 12.9. The van der Waals surface area contributed by atoms with E-state index in [1.165, 1.54) is 24.1 Å². The number of benzene rings is 3. The molecule has 0 aromatic heterocycles. The Balaban J connectivity index is 1.43. The van der Waals surface area contributed by atoms with Gasteiger partial charge in [0.15, 0.2) is 0 Å². The number of nitrogens with one attached hydrogen (secondary N) is 1. The minimum atomic E-state index is -4.43. The lowest BCUT2D eigenvalue weighted by Gasteiger charge is -2.17. The highest BCUT2D eigenvalue weighted by Crippen LogP contribution is 2.34. The smallest absolute Gasteiger partial charge is 0.416 e. The highest BCUT2D eigenvalue weighted by Gasteiger charge is 2.33. The summed E-state index contributed by atoms with van der Waals surface area (Å²) in [6, 6.07) is 16.9. The average molecular weight is 470 g/mol. The van der Waals surface area contributed by atoms with Gasteiger partial charge in [0.25, 0.3) is 5.91 Å². The molecule has 1 aliphatic rings. The van der Waals surface area contributed by atoms with Gasteiger partial charge in [0.05, 0.1) is 19.2 Å². The molecule has 3 aromatic rings. The number of rotatable bonds is 7. The molecule has 0 atom stereocenters. The fraction of sp³-hybridized carbons (Fsp3) is 0.200. The third-order valence-electron chi connectivity index (χ3n) is 5.48. The maximum Gasteiger partial charge on any atom is 0.416 e. The van der Waals surface area contributed by atoms with E-state index in [0.29, 0.717) is 17.0 Å². The molecule has 0 saturated carbocycles. The second-order valence-electron chi connectivity index (χ2n) is 7.62. The molecule has 34 heavy (non-hydrogen) atoms. The molecule has 1 aliphatic heterocycles. The van der Waals surface area contributed by atoms with Crippen molar-refractivity contribution in [3.8, 4) is 5.75 Å². The normalized spacial score (nSPS) is 12.9. The van der Waals surface area contributed by atoms with Crippen molar-refractivity contribution in [2.45, 2.75) is 19.3 Å². The zero-order valence-electron chi connectivity index (χ0n) is 18.2. The Kier molecular flexibility index (Phi) is 6.45. The number of hydrogen-bond acceptors (Lipinski definition) is 5. The molecule has 0 spiro atoms. The van der Waals surface area contributed by atoms with E-state index in [-0.39, 0.29) is 31.6 Å². The molecule has 0 unspecified atom stereocenters. The number of carbonyl (C=O) groups is 2. The fourth-order valence-corrected chi connectivity index (χ4v) is 3.65. The topological polar surface area (TPSA) is 67.9 Å². The number of hydrogen-bond donors (Lipinski definition) is 1. The first kappa shape index (κ1) is 23.2. The third-order valence-corrected chi connectivity index (χ3v) is 5.48. The van der Waals surface area contributed by atoms with Gasteiger partial charge in [0.1, 0.15) is 18.9 Å². The summed E-state index contributed by atoms with van der Waals surface area (Å²) in [6.45, 7) is 0.512. The fourth-order valence-electron chi connectivity index (χ4n) is 3.65. The maximum absolute atomic E-state index is 12.9. The van der Waals surface area contributed by atoms with Crippen LogP contribution in [0.1, 0.15) is 27.0 Å². The lowest BCUT2D eigenvalue weighted by molar-refractivity contribution is -0.139. The number of methoxy groups -OCH3 is 1. The lowest BCUT2D eigenvalue weighted by Crippen LogP contribution is -2.23. The van der Waals surface area contributed by atoms with Gasteiger partial charge >= 0.3 is 12.1 Å². The highest BCUT2D eigenvalue weighted by atomic mass is 19.4. The number of esters is 1. The minimum absolute atomic E-state index is 0.0519. The summed E-state index contributed by atoms with van der Waals surface area (Å²) in [4.78, 5) is 25.6. The molecule has 0 bridgehead atoms. The Hall–Kier alpha value is -4.01. The van der Waals surface area contributed by atoms with E-state index < -0.39 is 11.7 Å². The van der Waals surface area contributed by atoms with Gasteiger partial charge in [-0.05, 0) is 65.7 Å². The van der Waals surface area contributed by atoms with E-state index in [1.807, 2.05) is 6.07 Å². The molecule has 6 nitrogen and oxygen atoms in total. The van der Waals surface area contributed by atoms with Gasteiger partial charge < -0.3 is 19.7 Å². The van der Waals surface area contributed by atoms with Crippen molar-refractivity contribution in [1.29, 1.82) is 0 Å². The number of anilines is 2. The van der Waals surface area contributed by atoms with E-state index in [2.05, 4.69) is 10.1 Å². The van der Waals surface area contributed by atoms with E-state index in [0.717, 1.165) is 28.9 Å². The summed E-state index contributed by atoms with van der Waals surface area (Å²) in [6.07, 6.45) is -4.43. The van der Waals surface area contributed by atoms with Crippen LogP contribution in [-0.2, 0) is 28.9 Å². The molecule has 3 aromatic carbocycles. The Morgan fingerprint density at radius 1 is 1.03 bits per heavy atom. The number of nitrogens with zero attached hydrogens (tertiary/aromatic N) is 1. The molecule has 176 valence electrons. The van der Waals surface area contributed by atoms with Gasteiger partial charge in [0.2, 0.25) is 0 Å². The second kappa shape index (κ2) is 9.46. The van der Waals surface area contributed by atoms with Gasteiger partial charge in [-0.3, -0.25) is 9.59 Å². The first-order chi connectivity index (χ1) is 16.3. The molecular weight excluding hydrogens is 449 g/mol. The third kappa shape index (κ3) is 4.98. The van der Waals surface area contributed by atoms with Gasteiger partial charge in [-0.25, -0.2) is 0 Å². The molecule has 1 amide bonds. The van der Waals surface area contributed by atoms with Crippen LogP contribution in [0.2, 0.25) is 0 Å². The predicted octanol–water partition coefficient (Wildman–Crippen LogP) is 5.03. The zero-order valence-corrected chi connectivity index (χ0v) is 18.2. The molecule has 9 heteroatoms. The van der Waals surface area contributed by atoms with Crippen LogP contribution in [0.15, 0.2) is 66.7 Å². The van der Waals surface area contributed by atoms with Gasteiger partial charge in [-0.1, -0.05) is 12.1 Å². The Morgan fingerprint density at radius 2 is 1.74 bits per heavy atom. The van der Waals surface area contributed by atoms with Crippen molar-refractivity contribution >= 4 is 23.3 Å². The van der Waals surface area contributed by atoms with Crippen LogP contribution in [0, 0.1) is 0 Å². The van der Waals surface area contributed by atoms with Crippen LogP contribution in [0.25, 0.3) is 0 Å². The molecule has 0 aliphatic carbocycles. The summed E-state index contributed by atoms with van der Waals surface area (Å²) >= 11 is 0. The van der Waals surface area contributed by atoms with Crippen molar-refractivity contribution in [2.24, 2.45) is 0 Å². The molecule has 1 heterocycles. The van der Waals surface area contributed by atoms with Crippen LogP contribution in [0.4, 0.5) is 24.5 Å². The van der Waals surface area contributed by atoms with Crippen LogP contribution in [-0.4, -0.2) is 25.5 Å². The molecule has 0 fully saturated rings. The van der Waals surface area contributed by atoms with E-state index in [4.69, 9.17) is 4.74 Å². The quantitative estimate of drug-likeness (QED) is 0.491. The monoisotopic (exact) mass is 470 g/mol. The molecule has 4 rings (SSSR count).